The number of carbonyl (C=O) groups is 1. The third-order valence-corrected chi connectivity index (χ3v) is 6.15. The molecule has 1 amide bonds. The van der Waals surface area contributed by atoms with E-state index in [2.05, 4.69) is 25.3 Å². The van der Waals surface area contributed by atoms with E-state index in [1.165, 1.54) is 12.7 Å². The van der Waals surface area contributed by atoms with Crippen LogP contribution in [0.5, 0.6) is 11.8 Å². The molecular formula is C27H42N6O4. The molecule has 4 atom stereocenters. The summed E-state index contributed by atoms with van der Waals surface area (Å²) in [6.45, 7) is 9.41. The molecule has 37 heavy (non-hydrogen) atoms. The van der Waals surface area contributed by atoms with E-state index in [4.69, 9.17) is 19.9 Å². The second-order valence-electron chi connectivity index (χ2n) is 10.9. The molecule has 10 nitrogen and oxygen atoms in total. The van der Waals surface area contributed by atoms with E-state index in [-0.39, 0.29) is 30.4 Å². The first kappa shape index (κ1) is 28.6. The van der Waals surface area contributed by atoms with Gasteiger partial charge in [-0.05, 0) is 79.6 Å². The van der Waals surface area contributed by atoms with Gasteiger partial charge in [-0.2, -0.15) is 0 Å². The van der Waals surface area contributed by atoms with Crippen LogP contribution in [0.2, 0.25) is 0 Å². The number of aryl methyl sites for hydroxylation is 2. The lowest BCUT2D eigenvalue weighted by molar-refractivity contribution is 0.0461. The van der Waals surface area contributed by atoms with Crippen LogP contribution in [0.3, 0.4) is 0 Å². The van der Waals surface area contributed by atoms with Gasteiger partial charge in [-0.25, -0.2) is 24.7 Å². The SMILES string of the molecule is Cc1cc(OC2CCCC(N)C2)ncn1.Cc1cc(OC2CCCC(NC(=O)OC(C)(C)C)C2)ncn1. The summed E-state index contributed by atoms with van der Waals surface area (Å²) in [6.07, 6.45) is 10.9. The summed E-state index contributed by atoms with van der Waals surface area (Å²) in [4.78, 5) is 28.1. The normalized spacial score (nSPS) is 23.7. The Bertz CT molecular complexity index is 999. The highest BCUT2D eigenvalue weighted by atomic mass is 16.6. The smallest absolute Gasteiger partial charge is 0.407 e. The summed E-state index contributed by atoms with van der Waals surface area (Å²) in [7, 11) is 0. The zero-order valence-electron chi connectivity index (χ0n) is 22.8. The Balaban J connectivity index is 0.000000220. The summed E-state index contributed by atoms with van der Waals surface area (Å²) >= 11 is 0. The number of hydrogen-bond acceptors (Lipinski definition) is 9. The zero-order valence-corrected chi connectivity index (χ0v) is 22.8. The van der Waals surface area contributed by atoms with Gasteiger partial charge in [0.25, 0.3) is 0 Å². The van der Waals surface area contributed by atoms with Crippen molar-refractivity contribution in [3.63, 3.8) is 0 Å². The maximum Gasteiger partial charge on any atom is 0.407 e. The van der Waals surface area contributed by atoms with Gasteiger partial charge in [0.1, 0.15) is 30.5 Å². The van der Waals surface area contributed by atoms with Gasteiger partial charge in [-0.15, -0.1) is 0 Å². The molecule has 10 heteroatoms. The number of aromatic nitrogens is 4. The maximum atomic E-state index is 11.8. The predicted molar refractivity (Wildman–Crippen MR) is 140 cm³/mol. The van der Waals surface area contributed by atoms with Gasteiger partial charge in [0, 0.05) is 42.0 Å². The number of carbonyl (C=O) groups excluding carboxylic acids is 1. The Kier molecular flexibility index (Phi) is 10.4. The van der Waals surface area contributed by atoms with Crippen molar-refractivity contribution in [2.75, 3.05) is 0 Å². The van der Waals surface area contributed by atoms with Crippen molar-refractivity contribution in [2.45, 2.75) is 116 Å². The minimum atomic E-state index is -0.479. The van der Waals surface area contributed by atoms with Crippen LogP contribution in [-0.2, 0) is 4.74 Å². The zero-order chi connectivity index (χ0) is 26.8. The topological polar surface area (TPSA) is 134 Å². The van der Waals surface area contributed by atoms with Crippen molar-refractivity contribution in [2.24, 2.45) is 5.73 Å². The van der Waals surface area contributed by atoms with Gasteiger partial charge in [0.15, 0.2) is 0 Å². The molecule has 2 aromatic heterocycles. The number of nitrogens with one attached hydrogen (secondary N) is 1. The van der Waals surface area contributed by atoms with Gasteiger partial charge >= 0.3 is 6.09 Å². The van der Waals surface area contributed by atoms with E-state index in [0.29, 0.717) is 11.8 Å². The van der Waals surface area contributed by atoms with Gasteiger partial charge in [0.05, 0.1) is 0 Å². The van der Waals surface area contributed by atoms with Crippen LogP contribution in [0.25, 0.3) is 0 Å². The molecule has 0 saturated heterocycles. The lowest BCUT2D eigenvalue weighted by Gasteiger charge is -2.30. The second kappa shape index (κ2) is 13.5. The van der Waals surface area contributed by atoms with Crippen molar-refractivity contribution in [1.29, 1.82) is 0 Å². The Hall–Kier alpha value is -3.01. The van der Waals surface area contributed by atoms with E-state index in [0.717, 1.165) is 62.8 Å². The summed E-state index contributed by atoms with van der Waals surface area (Å²) < 4.78 is 17.0. The van der Waals surface area contributed by atoms with E-state index in [9.17, 15) is 4.79 Å². The van der Waals surface area contributed by atoms with Crippen molar-refractivity contribution in [3.8, 4) is 11.8 Å². The lowest BCUT2D eigenvalue weighted by atomic mass is 9.93. The van der Waals surface area contributed by atoms with E-state index >= 15 is 0 Å². The van der Waals surface area contributed by atoms with Crippen LogP contribution >= 0.6 is 0 Å². The van der Waals surface area contributed by atoms with Crippen molar-refractivity contribution >= 4 is 6.09 Å². The summed E-state index contributed by atoms with van der Waals surface area (Å²) in [5, 5.41) is 2.93. The second-order valence-corrected chi connectivity index (χ2v) is 10.9. The first-order valence-electron chi connectivity index (χ1n) is 13.2. The summed E-state index contributed by atoms with van der Waals surface area (Å²) in [5.41, 5.74) is 7.23. The van der Waals surface area contributed by atoms with Crippen molar-refractivity contribution in [3.05, 3.63) is 36.2 Å². The molecule has 204 valence electrons. The lowest BCUT2D eigenvalue weighted by Crippen LogP contribution is -2.43. The molecule has 2 aromatic rings. The number of hydrogen-bond donors (Lipinski definition) is 2. The molecule has 2 saturated carbocycles. The maximum absolute atomic E-state index is 11.8. The highest BCUT2D eigenvalue weighted by Crippen LogP contribution is 2.24. The monoisotopic (exact) mass is 514 g/mol. The van der Waals surface area contributed by atoms with Crippen molar-refractivity contribution < 1.29 is 19.0 Å². The Morgan fingerprint density at radius 2 is 1.41 bits per heavy atom. The molecule has 0 aliphatic heterocycles. The Morgan fingerprint density at radius 1 is 0.865 bits per heavy atom. The third-order valence-electron chi connectivity index (χ3n) is 6.15. The number of nitrogens with two attached hydrogens (primary N) is 1. The molecule has 0 radical (unpaired) electrons. The quantitative estimate of drug-likeness (QED) is 0.594. The molecule has 2 fully saturated rings. The number of ether oxygens (including phenoxy) is 3. The first-order valence-corrected chi connectivity index (χ1v) is 13.2. The van der Waals surface area contributed by atoms with Crippen LogP contribution < -0.4 is 20.5 Å². The molecule has 4 unspecified atom stereocenters. The summed E-state index contributed by atoms with van der Waals surface area (Å²) in [5.74, 6) is 1.26. The Labute approximate surface area is 220 Å². The number of amides is 1. The minimum Gasteiger partial charge on any atom is -0.474 e. The van der Waals surface area contributed by atoms with Gasteiger partial charge < -0.3 is 25.3 Å². The van der Waals surface area contributed by atoms with E-state index < -0.39 is 5.60 Å². The molecule has 4 rings (SSSR count). The highest BCUT2D eigenvalue weighted by Gasteiger charge is 2.27. The van der Waals surface area contributed by atoms with Gasteiger partial charge in [-0.3, -0.25) is 0 Å². The predicted octanol–water partition coefficient (Wildman–Crippen LogP) is 4.43. The molecular weight excluding hydrogens is 472 g/mol. The molecule has 3 N–H and O–H groups in total. The standard InChI is InChI=1S/C16H25N3O3.C11H17N3O/c1-11-8-14(18-10-17-11)21-13-7-5-6-12(9-13)19-15(20)22-16(2,3)4;1-8-5-11(14-7-13-8)15-10-4-2-3-9(12)6-10/h8,10,12-13H,5-7,9H2,1-4H3,(H,19,20);5,7,9-10H,2-4,6,12H2,1H3. The molecule has 0 bridgehead atoms. The van der Waals surface area contributed by atoms with Crippen molar-refractivity contribution in [1.82, 2.24) is 25.3 Å². The fourth-order valence-electron chi connectivity index (χ4n) is 4.48. The third kappa shape index (κ3) is 10.9. The van der Waals surface area contributed by atoms with Crippen LogP contribution in [0, 0.1) is 13.8 Å². The molecule has 2 aliphatic carbocycles. The largest absolute Gasteiger partial charge is 0.474 e. The molecule has 2 heterocycles. The summed E-state index contributed by atoms with van der Waals surface area (Å²) in [6, 6.07) is 4.05. The average molecular weight is 515 g/mol. The van der Waals surface area contributed by atoms with Crippen LogP contribution in [0.15, 0.2) is 24.8 Å². The highest BCUT2D eigenvalue weighted by molar-refractivity contribution is 5.68. The first-order chi connectivity index (χ1) is 17.6. The van der Waals surface area contributed by atoms with Crippen LogP contribution in [0.4, 0.5) is 4.79 Å². The van der Waals surface area contributed by atoms with E-state index in [1.54, 1.807) is 0 Å². The fraction of sp³-hybridized carbons (Fsp3) is 0.667. The molecule has 0 aromatic carbocycles. The fourth-order valence-corrected chi connectivity index (χ4v) is 4.48. The van der Waals surface area contributed by atoms with Crippen LogP contribution in [0.1, 0.15) is 83.5 Å². The van der Waals surface area contributed by atoms with Gasteiger partial charge in [0.2, 0.25) is 11.8 Å². The number of rotatable bonds is 5. The molecule has 2 aliphatic rings. The van der Waals surface area contributed by atoms with E-state index in [1.807, 2.05) is 46.8 Å². The number of alkyl carbamates (subject to hydrolysis) is 1. The number of nitrogens with zero attached hydrogens (tertiary/aromatic N) is 4. The Morgan fingerprint density at radius 3 is 1.92 bits per heavy atom. The molecule has 0 spiro atoms. The minimum absolute atomic E-state index is 0.0583. The van der Waals surface area contributed by atoms with Crippen LogP contribution in [-0.4, -0.2) is 55.9 Å². The average Bonchev–Trinajstić information content (AvgIpc) is 2.78. The van der Waals surface area contributed by atoms with Gasteiger partial charge in [-0.1, -0.05) is 0 Å².